The minimum atomic E-state index is -3.33. The second kappa shape index (κ2) is 8.20. The molecule has 154 valence electrons. The highest BCUT2D eigenvalue weighted by molar-refractivity contribution is 9.10. The Bertz CT molecular complexity index is 1180. The number of carbonyl (C=O) groups is 1. The Morgan fingerprint density at radius 2 is 1.90 bits per heavy atom. The zero-order chi connectivity index (χ0) is 21.3. The maximum Gasteiger partial charge on any atom is 0.258 e. The second-order valence-corrected chi connectivity index (χ2v) is 9.94. The van der Waals surface area contributed by atoms with Crippen LogP contribution in [-0.4, -0.2) is 32.1 Å². The molecule has 4 rings (SSSR count). The number of hydrogen-bond acceptors (Lipinski definition) is 4. The normalized spacial score (nSPS) is 13.2. The molecule has 0 saturated carbocycles. The number of hydrogen-bond donors (Lipinski definition) is 0. The van der Waals surface area contributed by atoms with Crippen molar-refractivity contribution in [1.82, 2.24) is 4.98 Å². The Labute approximate surface area is 184 Å². The highest BCUT2D eigenvalue weighted by Crippen LogP contribution is 2.32. The predicted molar refractivity (Wildman–Crippen MR) is 121 cm³/mol. The monoisotopic (exact) mass is 485 g/mol. The van der Waals surface area contributed by atoms with Crippen molar-refractivity contribution >= 4 is 43.2 Å². The third-order valence-corrected chi connectivity index (χ3v) is 6.72. The summed E-state index contributed by atoms with van der Waals surface area (Å²) in [4.78, 5) is 19.5. The number of anilines is 2. The van der Waals surface area contributed by atoms with E-state index in [1.54, 1.807) is 29.3 Å². The molecular formula is C22H20BrN3O3S. The summed E-state index contributed by atoms with van der Waals surface area (Å²) in [6.07, 6.45) is 3.49. The molecule has 6 nitrogen and oxygen atoms in total. The van der Waals surface area contributed by atoms with E-state index in [0.717, 1.165) is 21.4 Å². The third kappa shape index (κ3) is 4.24. The van der Waals surface area contributed by atoms with E-state index in [0.29, 0.717) is 30.8 Å². The average Bonchev–Trinajstić information content (AvgIpc) is 3.17. The zero-order valence-electron chi connectivity index (χ0n) is 16.3. The van der Waals surface area contributed by atoms with Crippen LogP contribution in [0.5, 0.6) is 0 Å². The van der Waals surface area contributed by atoms with Gasteiger partial charge in [0.25, 0.3) is 5.91 Å². The largest absolute Gasteiger partial charge is 0.302 e. The van der Waals surface area contributed by atoms with Gasteiger partial charge < -0.3 is 4.90 Å². The molecule has 0 aliphatic carbocycles. The number of nitrogens with zero attached hydrogens (tertiary/aromatic N) is 3. The van der Waals surface area contributed by atoms with Gasteiger partial charge in [0, 0.05) is 28.5 Å². The lowest BCUT2D eigenvalue weighted by atomic mass is 10.1. The van der Waals surface area contributed by atoms with Gasteiger partial charge in [0.1, 0.15) is 0 Å². The van der Waals surface area contributed by atoms with E-state index in [1.807, 2.05) is 42.5 Å². The minimum Gasteiger partial charge on any atom is -0.302 e. The SMILES string of the molecule is CS(=O)(=O)N1CCc2cc(C(=O)N(Cc3ccccn3)c3ccc(Br)cc3)ccc21. The summed E-state index contributed by atoms with van der Waals surface area (Å²) in [5.74, 6) is -0.163. The molecule has 1 amide bonds. The lowest BCUT2D eigenvalue weighted by Crippen LogP contribution is -2.31. The summed E-state index contributed by atoms with van der Waals surface area (Å²) >= 11 is 3.43. The molecule has 0 bridgehead atoms. The van der Waals surface area contributed by atoms with Crippen LogP contribution in [0, 0.1) is 0 Å². The summed E-state index contributed by atoms with van der Waals surface area (Å²) in [6.45, 7) is 0.726. The summed E-state index contributed by atoms with van der Waals surface area (Å²) in [5.41, 5.74) is 3.56. The Morgan fingerprint density at radius 3 is 2.57 bits per heavy atom. The van der Waals surface area contributed by atoms with E-state index >= 15 is 0 Å². The fraction of sp³-hybridized carbons (Fsp3) is 0.182. The van der Waals surface area contributed by atoms with Crippen LogP contribution in [0.1, 0.15) is 21.6 Å². The molecule has 3 aromatic rings. The van der Waals surface area contributed by atoms with E-state index in [4.69, 9.17) is 0 Å². The number of rotatable bonds is 5. The molecule has 0 N–H and O–H groups in total. The number of aromatic nitrogens is 1. The number of amides is 1. The highest BCUT2D eigenvalue weighted by atomic mass is 79.9. The van der Waals surface area contributed by atoms with Crippen LogP contribution in [0.4, 0.5) is 11.4 Å². The Hall–Kier alpha value is -2.71. The molecule has 0 saturated heterocycles. The fourth-order valence-electron chi connectivity index (χ4n) is 3.56. The minimum absolute atomic E-state index is 0.163. The Morgan fingerprint density at radius 1 is 1.13 bits per heavy atom. The van der Waals surface area contributed by atoms with Crippen LogP contribution >= 0.6 is 15.9 Å². The first-order chi connectivity index (χ1) is 14.3. The summed E-state index contributed by atoms with van der Waals surface area (Å²) in [6, 6.07) is 18.4. The number of fused-ring (bicyclic) bond motifs is 1. The smallest absolute Gasteiger partial charge is 0.258 e. The Balaban J connectivity index is 1.69. The van der Waals surface area contributed by atoms with E-state index in [2.05, 4.69) is 20.9 Å². The highest BCUT2D eigenvalue weighted by Gasteiger charge is 2.28. The van der Waals surface area contributed by atoms with Crippen molar-refractivity contribution in [1.29, 1.82) is 0 Å². The predicted octanol–water partition coefficient (Wildman–Crippen LogP) is 4.01. The van der Waals surface area contributed by atoms with Crippen LogP contribution in [0.3, 0.4) is 0 Å². The molecule has 8 heteroatoms. The number of carbonyl (C=O) groups excluding carboxylic acids is 1. The quantitative estimate of drug-likeness (QED) is 0.547. The van der Waals surface area contributed by atoms with Gasteiger partial charge in [0.05, 0.1) is 24.2 Å². The summed E-state index contributed by atoms with van der Waals surface area (Å²) < 4.78 is 26.3. The molecular weight excluding hydrogens is 466 g/mol. The van der Waals surface area contributed by atoms with E-state index < -0.39 is 10.0 Å². The van der Waals surface area contributed by atoms with Crippen molar-refractivity contribution < 1.29 is 13.2 Å². The number of sulfonamides is 1. The molecule has 30 heavy (non-hydrogen) atoms. The van der Waals surface area contributed by atoms with Crippen molar-refractivity contribution in [3.63, 3.8) is 0 Å². The van der Waals surface area contributed by atoms with Crippen LogP contribution in [0.2, 0.25) is 0 Å². The summed E-state index contributed by atoms with van der Waals surface area (Å²) in [7, 11) is -3.33. The molecule has 0 unspecified atom stereocenters. The molecule has 2 heterocycles. The van der Waals surface area contributed by atoms with Crippen molar-refractivity contribution in [2.24, 2.45) is 0 Å². The van der Waals surface area contributed by atoms with Gasteiger partial charge >= 0.3 is 0 Å². The van der Waals surface area contributed by atoms with Crippen molar-refractivity contribution in [2.75, 3.05) is 22.0 Å². The molecule has 1 aromatic heterocycles. The van der Waals surface area contributed by atoms with Gasteiger partial charge in [-0.15, -0.1) is 0 Å². The first-order valence-corrected chi connectivity index (χ1v) is 12.0. The zero-order valence-corrected chi connectivity index (χ0v) is 18.7. The van der Waals surface area contributed by atoms with Gasteiger partial charge in [-0.05, 0) is 66.6 Å². The third-order valence-electron chi connectivity index (χ3n) is 5.01. The maximum absolute atomic E-state index is 13.5. The second-order valence-electron chi connectivity index (χ2n) is 7.12. The van der Waals surface area contributed by atoms with Crippen molar-refractivity contribution in [3.8, 4) is 0 Å². The van der Waals surface area contributed by atoms with Gasteiger partial charge in [-0.3, -0.25) is 14.1 Å². The van der Waals surface area contributed by atoms with Crippen LogP contribution < -0.4 is 9.21 Å². The van der Waals surface area contributed by atoms with Gasteiger partial charge in [-0.1, -0.05) is 22.0 Å². The van der Waals surface area contributed by atoms with Crippen LogP contribution in [0.25, 0.3) is 0 Å². The van der Waals surface area contributed by atoms with Crippen molar-refractivity contribution in [3.05, 3.63) is 88.2 Å². The van der Waals surface area contributed by atoms with E-state index in [1.165, 1.54) is 10.6 Å². The van der Waals surface area contributed by atoms with Crippen molar-refractivity contribution in [2.45, 2.75) is 13.0 Å². The lowest BCUT2D eigenvalue weighted by molar-refractivity contribution is 0.0984. The van der Waals surface area contributed by atoms with Gasteiger partial charge in [0.15, 0.2) is 0 Å². The standard InChI is InChI=1S/C22H20BrN3O3S/c1-30(28,29)26-13-11-16-14-17(5-10-21(16)26)22(27)25(15-19-4-2-3-12-24-19)20-8-6-18(23)7-9-20/h2-10,12,14H,11,13,15H2,1H3. The molecule has 1 aliphatic heterocycles. The topological polar surface area (TPSA) is 70.6 Å². The number of pyridine rings is 1. The van der Waals surface area contributed by atoms with E-state index in [9.17, 15) is 13.2 Å². The van der Waals surface area contributed by atoms with Gasteiger partial charge in [0.2, 0.25) is 10.0 Å². The fourth-order valence-corrected chi connectivity index (χ4v) is 4.78. The number of benzene rings is 2. The first kappa shape index (κ1) is 20.6. The Kier molecular flexibility index (Phi) is 5.62. The molecule has 0 radical (unpaired) electrons. The molecule has 1 aliphatic rings. The molecule has 0 spiro atoms. The van der Waals surface area contributed by atoms with Crippen LogP contribution in [0.15, 0.2) is 71.3 Å². The molecule has 0 fully saturated rings. The molecule has 0 atom stereocenters. The lowest BCUT2D eigenvalue weighted by Gasteiger charge is -2.23. The van der Waals surface area contributed by atoms with E-state index in [-0.39, 0.29) is 5.91 Å². The molecule has 2 aromatic carbocycles. The maximum atomic E-state index is 13.5. The van der Waals surface area contributed by atoms with Gasteiger partial charge in [-0.25, -0.2) is 8.42 Å². The first-order valence-electron chi connectivity index (χ1n) is 9.41. The number of halogens is 1. The average molecular weight is 486 g/mol. The van der Waals surface area contributed by atoms with Crippen LogP contribution in [-0.2, 0) is 23.0 Å². The summed E-state index contributed by atoms with van der Waals surface area (Å²) in [5, 5.41) is 0. The van der Waals surface area contributed by atoms with Gasteiger partial charge in [-0.2, -0.15) is 0 Å².